The first-order valence-electron chi connectivity index (χ1n) is 5.68. The molecule has 1 aromatic heterocycles. The number of rotatable bonds is 9. The number of ether oxygens (including phenoxy) is 2. The van der Waals surface area contributed by atoms with E-state index < -0.39 is 0 Å². The van der Waals surface area contributed by atoms with Gasteiger partial charge < -0.3 is 20.5 Å². The molecule has 1 rings (SSSR count). The molecule has 0 fully saturated rings. The van der Waals surface area contributed by atoms with Crippen molar-refractivity contribution in [3.8, 4) is 0 Å². The van der Waals surface area contributed by atoms with Crippen molar-refractivity contribution in [2.75, 3.05) is 33.5 Å². The molecule has 0 saturated carbocycles. The Bertz CT molecular complexity index is 355. The first-order valence-corrected chi connectivity index (χ1v) is 5.68. The zero-order chi connectivity index (χ0) is 13.2. The number of carbonyl (C=O) groups excluding carboxylic acids is 1. The lowest BCUT2D eigenvalue weighted by atomic mass is 10.5. The highest BCUT2D eigenvalue weighted by molar-refractivity contribution is 5.75. The zero-order valence-corrected chi connectivity index (χ0v) is 10.5. The van der Waals surface area contributed by atoms with E-state index in [2.05, 4.69) is 15.6 Å². The van der Waals surface area contributed by atoms with Gasteiger partial charge in [-0.05, 0) is 0 Å². The van der Waals surface area contributed by atoms with Crippen molar-refractivity contribution in [2.45, 2.75) is 13.1 Å². The standard InChI is InChI=1S/C10H19N5O3/c1-17-4-5-18-3-2-12-10(16)8-15-7-9(6-11)13-14-15/h7H,2-6,8,11H2,1H3,(H,12,16). The van der Waals surface area contributed by atoms with Crippen LogP contribution in [0.15, 0.2) is 6.20 Å². The molecule has 1 aromatic rings. The van der Waals surface area contributed by atoms with Crippen LogP contribution in [0, 0.1) is 0 Å². The van der Waals surface area contributed by atoms with Gasteiger partial charge in [-0.1, -0.05) is 5.21 Å². The Morgan fingerprint density at radius 3 is 3.00 bits per heavy atom. The molecule has 8 nitrogen and oxygen atoms in total. The van der Waals surface area contributed by atoms with Gasteiger partial charge in [-0.15, -0.1) is 5.10 Å². The summed E-state index contributed by atoms with van der Waals surface area (Å²) in [5.74, 6) is -0.140. The first-order chi connectivity index (χ1) is 8.76. The third kappa shape index (κ3) is 5.71. The quantitative estimate of drug-likeness (QED) is 0.523. The highest BCUT2D eigenvalue weighted by Gasteiger charge is 2.04. The highest BCUT2D eigenvalue weighted by atomic mass is 16.5. The summed E-state index contributed by atoms with van der Waals surface area (Å²) in [6, 6.07) is 0. The summed E-state index contributed by atoms with van der Waals surface area (Å²) >= 11 is 0. The lowest BCUT2D eigenvalue weighted by molar-refractivity contribution is -0.122. The fraction of sp³-hybridized carbons (Fsp3) is 0.700. The largest absolute Gasteiger partial charge is 0.382 e. The van der Waals surface area contributed by atoms with Crippen molar-refractivity contribution in [3.63, 3.8) is 0 Å². The molecular weight excluding hydrogens is 238 g/mol. The molecule has 102 valence electrons. The number of nitrogens with zero attached hydrogens (tertiary/aromatic N) is 3. The van der Waals surface area contributed by atoms with E-state index in [1.807, 2.05) is 0 Å². The molecule has 0 aromatic carbocycles. The third-order valence-corrected chi connectivity index (χ3v) is 2.10. The minimum Gasteiger partial charge on any atom is -0.382 e. The maximum atomic E-state index is 11.5. The van der Waals surface area contributed by atoms with Gasteiger partial charge in [0.25, 0.3) is 0 Å². The smallest absolute Gasteiger partial charge is 0.241 e. The van der Waals surface area contributed by atoms with E-state index in [-0.39, 0.29) is 12.5 Å². The summed E-state index contributed by atoms with van der Waals surface area (Å²) in [5, 5.41) is 10.3. The number of carbonyl (C=O) groups is 1. The van der Waals surface area contributed by atoms with Gasteiger partial charge >= 0.3 is 0 Å². The van der Waals surface area contributed by atoms with Crippen molar-refractivity contribution >= 4 is 5.91 Å². The fourth-order valence-electron chi connectivity index (χ4n) is 1.22. The van der Waals surface area contributed by atoms with E-state index in [1.165, 1.54) is 4.68 Å². The van der Waals surface area contributed by atoms with Crippen LogP contribution >= 0.6 is 0 Å². The first kappa shape index (κ1) is 14.6. The van der Waals surface area contributed by atoms with Gasteiger partial charge in [0.2, 0.25) is 5.91 Å². The molecule has 0 aliphatic heterocycles. The summed E-state index contributed by atoms with van der Waals surface area (Å²) < 4.78 is 11.5. The number of amides is 1. The summed E-state index contributed by atoms with van der Waals surface area (Å²) in [7, 11) is 1.61. The molecule has 0 bridgehead atoms. The molecule has 8 heteroatoms. The van der Waals surface area contributed by atoms with Crippen LogP contribution in [0.5, 0.6) is 0 Å². The maximum Gasteiger partial charge on any atom is 0.241 e. The van der Waals surface area contributed by atoms with Crippen LogP contribution in [-0.2, 0) is 27.4 Å². The molecule has 0 spiro atoms. The van der Waals surface area contributed by atoms with Gasteiger partial charge in [-0.2, -0.15) is 0 Å². The van der Waals surface area contributed by atoms with Crippen LogP contribution in [0.2, 0.25) is 0 Å². The van der Waals surface area contributed by atoms with Crippen molar-refractivity contribution in [1.82, 2.24) is 20.3 Å². The van der Waals surface area contributed by atoms with Crippen molar-refractivity contribution < 1.29 is 14.3 Å². The number of nitrogens with one attached hydrogen (secondary N) is 1. The molecule has 0 unspecified atom stereocenters. The summed E-state index contributed by atoms with van der Waals surface area (Å²) in [4.78, 5) is 11.5. The van der Waals surface area contributed by atoms with Crippen LogP contribution < -0.4 is 11.1 Å². The monoisotopic (exact) mass is 257 g/mol. The molecule has 1 heterocycles. The summed E-state index contributed by atoms with van der Waals surface area (Å²) in [6.45, 7) is 2.44. The van der Waals surface area contributed by atoms with E-state index in [0.29, 0.717) is 38.6 Å². The predicted molar refractivity (Wildman–Crippen MR) is 63.6 cm³/mol. The van der Waals surface area contributed by atoms with E-state index >= 15 is 0 Å². The molecule has 0 aliphatic carbocycles. The Balaban J connectivity index is 2.10. The number of methoxy groups -OCH3 is 1. The molecule has 0 saturated heterocycles. The van der Waals surface area contributed by atoms with Crippen LogP contribution in [0.1, 0.15) is 5.69 Å². The maximum absolute atomic E-state index is 11.5. The minimum absolute atomic E-state index is 0.130. The Morgan fingerprint density at radius 2 is 2.33 bits per heavy atom. The van der Waals surface area contributed by atoms with Crippen molar-refractivity contribution in [3.05, 3.63) is 11.9 Å². The van der Waals surface area contributed by atoms with E-state index in [9.17, 15) is 4.79 Å². The highest BCUT2D eigenvalue weighted by Crippen LogP contribution is 1.90. The molecule has 3 N–H and O–H groups in total. The minimum atomic E-state index is -0.140. The third-order valence-electron chi connectivity index (χ3n) is 2.10. The normalized spacial score (nSPS) is 10.6. The Hall–Kier alpha value is -1.51. The Kier molecular flexibility index (Phi) is 6.92. The van der Waals surface area contributed by atoms with Crippen LogP contribution in [0.3, 0.4) is 0 Å². The van der Waals surface area contributed by atoms with Crippen molar-refractivity contribution in [1.29, 1.82) is 0 Å². The van der Waals surface area contributed by atoms with E-state index in [1.54, 1.807) is 13.3 Å². The van der Waals surface area contributed by atoms with Gasteiger partial charge in [-0.25, -0.2) is 4.68 Å². The Morgan fingerprint density at radius 1 is 1.50 bits per heavy atom. The zero-order valence-electron chi connectivity index (χ0n) is 10.5. The molecule has 0 radical (unpaired) electrons. The summed E-state index contributed by atoms with van der Waals surface area (Å²) in [5.41, 5.74) is 6.05. The van der Waals surface area contributed by atoms with Gasteiger partial charge in [-0.3, -0.25) is 4.79 Å². The molecular formula is C10H19N5O3. The molecule has 1 amide bonds. The van der Waals surface area contributed by atoms with Crippen LogP contribution in [-0.4, -0.2) is 54.4 Å². The number of hydrogen-bond acceptors (Lipinski definition) is 6. The van der Waals surface area contributed by atoms with Crippen molar-refractivity contribution in [2.24, 2.45) is 5.73 Å². The average molecular weight is 257 g/mol. The Labute approximate surface area is 105 Å². The average Bonchev–Trinajstić information content (AvgIpc) is 2.81. The van der Waals surface area contributed by atoms with Gasteiger partial charge in [0.1, 0.15) is 6.54 Å². The summed E-state index contributed by atoms with van der Waals surface area (Å²) in [6.07, 6.45) is 1.65. The second kappa shape index (κ2) is 8.56. The van der Waals surface area contributed by atoms with Gasteiger partial charge in [0, 0.05) is 20.2 Å². The number of nitrogens with two attached hydrogens (primary N) is 1. The van der Waals surface area contributed by atoms with Crippen LogP contribution in [0.25, 0.3) is 0 Å². The molecule has 0 atom stereocenters. The number of hydrogen-bond donors (Lipinski definition) is 2. The SMILES string of the molecule is COCCOCCNC(=O)Cn1cc(CN)nn1. The van der Waals surface area contributed by atoms with E-state index in [4.69, 9.17) is 15.2 Å². The number of aromatic nitrogens is 3. The second-order valence-corrected chi connectivity index (χ2v) is 3.57. The second-order valence-electron chi connectivity index (χ2n) is 3.57. The van der Waals surface area contributed by atoms with Gasteiger partial charge in [0.05, 0.1) is 31.7 Å². The molecule has 0 aliphatic rings. The molecule has 18 heavy (non-hydrogen) atoms. The van der Waals surface area contributed by atoms with Gasteiger partial charge in [0.15, 0.2) is 0 Å². The van der Waals surface area contributed by atoms with E-state index in [0.717, 1.165) is 0 Å². The lowest BCUT2D eigenvalue weighted by Gasteiger charge is -2.05. The predicted octanol–water partition coefficient (Wildman–Crippen LogP) is -1.48. The fourth-order valence-corrected chi connectivity index (χ4v) is 1.22. The van der Waals surface area contributed by atoms with Crippen LogP contribution in [0.4, 0.5) is 0 Å². The topological polar surface area (TPSA) is 104 Å². The lowest BCUT2D eigenvalue weighted by Crippen LogP contribution is -2.31.